The third-order valence-corrected chi connectivity index (χ3v) is 5.63. The van der Waals surface area contributed by atoms with Gasteiger partial charge in [0.1, 0.15) is 0 Å². The van der Waals surface area contributed by atoms with E-state index in [0.29, 0.717) is 37.8 Å². The van der Waals surface area contributed by atoms with E-state index in [0.717, 1.165) is 12.1 Å². The van der Waals surface area contributed by atoms with E-state index in [1.807, 2.05) is 0 Å². The first kappa shape index (κ1) is 27.7. The van der Waals surface area contributed by atoms with Crippen molar-refractivity contribution in [2.24, 2.45) is 5.92 Å². The van der Waals surface area contributed by atoms with Gasteiger partial charge in [-0.05, 0) is 62.1 Å². The van der Waals surface area contributed by atoms with Crippen molar-refractivity contribution in [3.63, 3.8) is 0 Å². The Morgan fingerprint density at radius 1 is 0.838 bits per heavy atom. The van der Waals surface area contributed by atoms with Crippen LogP contribution in [0, 0.1) is 17.6 Å². The molecule has 0 unspecified atom stereocenters. The molecule has 2 aromatic carbocycles. The normalized spacial score (nSPS) is 17.5. The lowest BCUT2D eigenvalue weighted by Gasteiger charge is -2.27. The standard InChI is InChI=1S/C24H23F5N2O6/c25-17-11-14(3-7-19(17)36-16-5-1-13(2-6-16)23(34)35)21(32)30-9-10-31-22(33)15-4-8-20(18(26)12-15)37-24(27,28)29/h3-4,7-8,11-13,16H,1-2,5-6,9-10H2,(H,30,32)(H,31,33)(H,34,35). The Labute approximate surface area is 207 Å². The summed E-state index contributed by atoms with van der Waals surface area (Å²) in [5, 5.41) is 13.9. The molecule has 3 rings (SSSR count). The highest BCUT2D eigenvalue weighted by Crippen LogP contribution is 2.29. The van der Waals surface area contributed by atoms with Gasteiger partial charge in [-0.1, -0.05) is 0 Å². The molecule has 0 spiro atoms. The SMILES string of the molecule is O=C(NCCNC(=O)c1ccc(OC(F)(F)F)c(F)c1)c1ccc(OC2CCC(C(=O)O)CC2)c(F)c1. The number of ether oxygens (including phenoxy) is 2. The summed E-state index contributed by atoms with van der Waals surface area (Å²) in [5.41, 5.74) is -0.263. The third-order valence-electron chi connectivity index (χ3n) is 5.63. The molecule has 1 fully saturated rings. The summed E-state index contributed by atoms with van der Waals surface area (Å²) in [6, 6.07) is 5.84. The quantitative estimate of drug-likeness (QED) is 0.333. The Kier molecular flexibility index (Phi) is 8.90. The number of halogens is 5. The van der Waals surface area contributed by atoms with E-state index in [1.54, 1.807) is 0 Å². The van der Waals surface area contributed by atoms with E-state index < -0.39 is 47.4 Å². The Bertz CT molecular complexity index is 1150. The third kappa shape index (κ3) is 8.05. The molecule has 13 heteroatoms. The van der Waals surface area contributed by atoms with Gasteiger partial charge in [0.15, 0.2) is 23.1 Å². The van der Waals surface area contributed by atoms with Crippen molar-refractivity contribution >= 4 is 17.8 Å². The van der Waals surface area contributed by atoms with Crippen molar-refractivity contribution in [3.8, 4) is 11.5 Å². The number of aliphatic carboxylic acids is 1. The summed E-state index contributed by atoms with van der Waals surface area (Å²) in [7, 11) is 0. The fourth-order valence-electron chi connectivity index (χ4n) is 3.75. The van der Waals surface area contributed by atoms with Gasteiger partial charge in [-0.25, -0.2) is 8.78 Å². The number of alkyl halides is 3. The number of benzene rings is 2. The van der Waals surface area contributed by atoms with Crippen molar-refractivity contribution in [2.45, 2.75) is 38.1 Å². The summed E-state index contributed by atoms with van der Waals surface area (Å²) in [6.07, 6.45) is -3.58. The topological polar surface area (TPSA) is 114 Å². The predicted octanol–water partition coefficient (Wildman–Crippen LogP) is 4.05. The number of nitrogens with one attached hydrogen (secondary N) is 2. The fraction of sp³-hybridized carbons (Fsp3) is 0.375. The summed E-state index contributed by atoms with van der Waals surface area (Å²) >= 11 is 0. The van der Waals surface area contributed by atoms with Crippen LogP contribution >= 0.6 is 0 Å². The second-order valence-electron chi connectivity index (χ2n) is 8.28. The van der Waals surface area contributed by atoms with Crippen molar-refractivity contribution in [3.05, 3.63) is 59.2 Å². The number of rotatable bonds is 9. The molecule has 8 nitrogen and oxygen atoms in total. The fourth-order valence-corrected chi connectivity index (χ4v) is 3.75. The van der Waals surface area contributed by atoms with E-state index in [1.165, 1.54) is 12.1 Å². The molecular weight excluding hydrogens is 507 g/mol. The van der Waals surface area contributed by atoms with Gasteiger partial charge in [-0.2, -0.15) is 0 Å². The number of amides is 2. The lowest BCUT2D eigenvalue weighted by atomic mass is 9.87. The van der Waals surface area contributed by atoms with Crippen LogP contribution in [0.15, 0.2) is 36.4 Å². The van der Waals surface area contributed by atoms with Gasteiger partial charge in [-0.15, -0.1) is 13.2 Å². The smallest absolute Gasteiger partial charge is 0.487 e. The average molecular weight is 530 g/mol. The first-order chi connectivity index (χ1) is 17.4. The van der Waals surface area contributed by atoms with Crippen LogP contribution in [0.2, 0.25) is 0 Å². The highest BCUT2D eigenvalue weighted by Gasteiger charge is 2.32. The largest absolute Gasteiger partial charge is 0.573 e. The van der Waals surface area contributed by atoms with E-state index in [4.69, 9.17) is 9.84 Å². The van der Waals surface area contributed by atoms with Crippen LogP contribution in [0.25, 0.3) is 0 Å². The molecule has 0 atom stereocenters. The molecule has 0 radical (unpaired) electrons. The molecular formula is C24H23F5N2O6. The van der Waals surface area contributed by atoms with Crippen LogP contribution < -0.4 is 20.1 Å². The van der Waals surface area contributed by atoms with Gasteiger partial charge in [0, 0.05) is 24.2 Å². The summed E-state index contributed by atoms with van der Waals surface area (Å²) in [5.74, 6) is -5.99. The first-order valence-electron chi connectivity index (χ1n) is 11.2. The molecule has 1 saturated carbocycles. The number of hydrogen-bond acceptors (Lipinski definition) is 5. The second kappa shape index (κ2) is 11.9. The average Bonchev–Trinajstić information content (AvgIpc) is 2.83. The molecule has 0 heterocycles. The van der Waals surface area contributed by atoms with E-state index >= 15 is 0 Å². The van der Waals surface area contributed by atoms with E-state index in [2.05, 4.69) is 15.4 Å². The van der Waals surface area contributed by atoms with Crippen LogP contribution in [0.3, 0.4) is 0 Å². The van der Waals surface area contributed by atoms with Gasteiger partial charge in [-0.3, -0.25) is 14.4 Å². The van der Waals surface area contributed by atoms with Crippen molar-refractivity contribution in [2.75, 3.05) is 13.1 Å². The number of carbonyl (C=O) groups excluding carboxylic acids is 2. The maximum absolute atomic E-state index is 14.4. The predicted molar refractivity (Wildman–Crippen MR) is 118 cm³/mol. The molecule has 200 valence electrons. The van der Waals surface area contributed by atoms with Crippen LogP contribution in [0.5, 0.6) is 11.5 Å². The summed E-state index contributed by atoms with van der Waals surface area (Å²) in [6.45, 7) is -0.176. The molecule has 0 saturated heterocycles. The zero-order valence-corrected chi connectivity index (χ0v) is 19.2. The molecule has 0 aromatic heterocycles. The van der Waals surface area contributed by atoms with Gasteiger partial charge in [0.05, 0.1) is 12.0 Å². The zero-order chi connectivity index (χ0) is 27.2. The van der Waals surface area contributed by atoms with Crippen molar-refractivity contribution < 1.29 is 50.9 Å². The van der Waals surface area contributed by atoms with Crippen LogP contribution in [-0.4, -0.2) is 48.4 Å². The van der Waals surface area contributed by atoms with Crippen molar-refractivity contribution in [1.29, 1.82) is 0 Å². The minimum Gasteiger partial charge on any atom is -0.487 e. The Morgan fingerprint density at radius 2 is 1.32 bits per heavy atom. The molecule has 0 aliphatic heterocycles. The highest BCUT2D eigenvalue weighted by molar-refractivity contribution is 5.95. The van der Waals surface area contributed by atoms with Crippen molar-refractivity contribution in [1.82, 2.24) is 10.6 Å². The second-order valence-corrected chi connectivity index (χ2v) is 8.28. The molecule has 2 amide bonds. The minimum absolute atomic E-state index is 0.00640. The van der Waals surface area contributed by atoms with Gasteiger partial charge in [0.25, 0.3) is 11.8 Å². The van der Waals surface area contributed by atoms with Crippen LogP contribution in [0.4, 0.5) is 22.0 Å². The summed E-state index contributed by atoms with van der Waals surface area (Å²) < 4.78 is 73.9. The molecule has 37 heavy (non-hydrogen) atoms. The van der Waals surface area contributed by atoms with Gasteiger partial charge < -0.3 is 25.2 Å². The molecule has 0 bridgehead atoms. The molecule has 3 N–H and O–H groups in total. The lowest BCUT2D eigenvalue weighted by Crippen LogP contribution is -2.34. The number of hydrogen-bond donors (Lipinski definition) is 3. The van der Waals surface area contributed by atoms with Gasteiger partial charge in [0.2, 0.25) is 0 Å². The number of carbonyl (C=O) groups is 3. The van der Waals surface area contributed by atoms with E-state index in [9.17, 15) is 36.3 Å². The first-order valence-corrected chi connectivity index (χ1v) is 11.2. The number of carboxylic acids is 1. The molecule has 1 aliphatic rings. The summed E-state index contributed by atoms with van der Waals surface area (Å²) in [4.78, 5) is 35.3. The maximum atomic E-state index is 14.4. The Balaban J connectivity index is 1.44. The number of carboxylic acid groups (broad SMARTS) is 1. The lowest BCUT2D eigenvalue weighted by molar-refractivity contribution is -0.275. The monoisotopic (exact) mass is 530 g/mol. The molecule has 1 aliphatic carbocycles. The minimum atomic E-state index is -5.08. The van der Waals surface area contributed by atoms with Crippen LogP contribution in [0.1, 0.15) is 46.4 Å². The Hall–Kier alpha value is -3.90. The molecule has 2 aromatic rings. The van der Waals surface area contributed by atoms with Gasteiger partial charge >= 0.3 is 12.3 Å². The van der Waals surface area contributed by atoms with Crippen LogP contribution in [-0.2, 0) is 4.79 Å². The zero-order valence-electron chi connectivity index (χ0n) is 19.2. The highest BCUT2D eigenvalue weighted by atomic mass is 19.4. The van der Waals surface area contributed by atoms with E-state index in [-0.39, 0.29) is 36.1 Å². The Morgan fingerprint density at radius 3 is 1.76 bits per heavy atom. The maximum Gasteiger partial charge on any atom is 0.573 e.